The van der Waals surface area contributed by atoms with E-state index in [0.717, 1.165) is 34.4 Å². The van der Waals surface area contributed by atoms with Crippen LogP contribution in [0, 0.1) is 0 Å². The molecule has 0 bridgehead atoms. The third kappa shape index (κ3) is 1.27. The molecule has 3 rings (SSSR count). The highest BCUT2D eigenvalue weighted by molar-refractivity contribution is 6.04. The molecule has 0 amide bonds. The zero-order valence-corrected chi connectivity index (χ0v) is 8.97. The maximum atomic E-state index is 5.78. The third-order valence-electron chi connectivity index (χ3n) is 2.58. The van der Waals surface area contributed by atoms with Gasteiger partial charge in [-0.15, -0.1) is 0 Å². The van der Waals surface area contributed by atoms with Gasteiger partial charge in [-0.2, -0.15) is 4.98 Å². The monoisotopic (exact) mass is 214 g/mol. The van der Waals surface area contributed by atoms with Gasteiger partial charge in [-0.05, 0) is 19.1 Å². The minimum atomic E-state index is 0.783. The lowest BCUT2D eigenvalue weighted by Crippen LogP contribution is -2.77. The Morgan fingerprint density at radius 3 is 3.00 bits per heavy atom. The Morgan fingerprint density at radius 2 is 2.12 bits per heavy atom. The van der Waals surface area contributed by atoms with Crippen LogP contribution >= 0.6 is 0 Å². The predicted molar refractivity (Wildman–Crippen MR) is 61.4 cm³/mol. The number of benzene rings is 1. The SMILES string of the molecule is CC[NH2+]c1ncnc2c1oc1ccccc12. The molecule has 3 aromatic rings. The average molecular weight is 214 g/mol. The van der Waals surface area contributed by atoms with Crippen molar-refractivity contribution >= 4 is 27.9 Å². The van der Waals surface area contributed by atoms with Gasteiger partial charge in [0.15, 0.2) is 0 Å². The number of hydrogen-bond donors (Lipinski definition) is 1. The summed E-state index contributed by atoms with van der Waals surface area (Å²) >= 11 is 0. The quantitative estimate of drug-likeness (QED) is 0.704. The van der Waals surface area contributed by atoms with Crippen molar-refractivity contribution in [3.05, 3.63) is 30.6 Å². The van der Waals surface area contributed by atoms with Crippen molar-refractivity contribution in [2.45, 2.75) is 6.92 Å². The van der Waals surface area contributed by atoms with E-state index in [-0.39, 0.29) is 0 Å². The summed E-state index contributed by atoms with van der Waals surface area (Å²) in [5.74, 6) is 0.878. The van der Waals surface area contributed by atoms with E-state index in [0.29, 0.717) is 0 Å². The first-order valence-electron chi connectivity index (χ1n) is 5.35. The van der Waals surface area contributed by atoms with Gasteiger partial charge < -0.3 is 4.42 Å². The summed E-state index contributed by atoms with van der Waals surface area (Å²) in [6, 6.07) is 7.92. The molecule has 0 aliphatic carbocycles. The summed E-state index contributed by atoms with van der Waals surface area (Å²) < 4.78 is 5.78. The normalized spacial score (nSPS) is 11.3. The Bertz CT molecular complexity index is 645. The minimum absolute atomic E-state index is 0.783. The smallest absolute Gasteiger partial charge is 0.271 e. The second kappa shape index (κ2) is 3.57. The molecule has 16 heavy (non-hydrogen) atoms. The van der Waals surface area contributed by atoms with Crippen molar-refractivity contribution in [3.63, 3.8) is 0 Å². The van der Waals surface area contributed by atoms with Crippen molar-refractivity contribution in [1.82, 2.24) is 9.97 Å². The van der Waals surface area contributed by atoms with Crippen LogP contribution in [0.1, 0.15) is 6.92 Å². The first-order chi connectivity index (χ1) is 7.90. The molecule has 0 saturated carbocycles. The Morgan fingerprint density at radius 1 is 1.25 bits per heavy atom. The van der Waals surface area contributed by atoms with Crippen molar-refractivity contribution < 1.29 is 9.73 Å². The fourth-order valence-corrected chi connectivity index (χ4v) is 1.88. The summed E-state index contributed by atoms with van der Waals surface area (Å²) in [5.41, 5.74) is 2.54. The van der Waals surface area contributed by atoms with Gasteiger partial charge in [-0.1, -0.05) is 12.1 Å². The van der Waals surface area contributed by atoms with Gasteiger partial charge in [0, 0.05) is 5.39 Å². The van der Waals surface area contributed by atoms with Crippen LogP contribution < -0.4 is 5.32 Å². The molecule has 0 aliphatic rings. The summed E-state index contributed by atoms with van der Waals surface area (Å²) in [4.78, 5) is 8.52. The van der Waals surface area contributed by atoms with E-state index in [9.17, 15) is 0 Å². The van der Waals surface area contributed by atoms with Gasteiger partial charge in [0.2, 0.25) is 5.58 Å². The molecule has 80 valence electrons. The number of fused-ring (bicyclic) bond motifs is 3. The summed E-state index contributed by atoms with van der Waals surface area (Å²) in [6.45, 7) is 3.01. The van der Waals surface area contributed by atoms with E-state index in [2.05, 4.69) is 16.9 Å². The fourth-order valence-electron chi connectivity index (χ4n) is 1.88. The lowest BCUT2D eigenvalue weighted by molar-refractivity contribution is -0.570. The Hall–Kier alpha value is -1.94. The first-order valence-corrected chi connectivity index (χ1v) is 5.35. The number of nitrogens with zero attached hydrogens (tertiary/aromatic N) is 2. The molecule has 0 atom stereocenters. The van der Waals surface area contributed by atoms with Gasteiger partial charge in [0.1, 0.15) is 17.4 Å². The van der Waals surface area contributed by atoms with E-state index in [1.165, 1.54) is 0 Å². The van der Waals surface area contributed by atoms with Gasteiger partial charge in [0.05, 0.1) is 6.54 Å². The Kier molecular flexibility index (Phi) is 2.08. The van der Waals surface area contributed by atoms with E-state index in [1.54, 1.807) is 6.33 Å². The van der Waals surface area contributed by atoms with Crippen LogP contribution in [0.5, 0.6) is 0 Å². The largest absolute Gasteiger partial charge is 0.446 e. The van der Waals surface area contributed by atoms with Gasteiger partial charge in [-0.3, -0.25) is 5.32 Å². The molecule has 0 unspecified atom stereocenters. The van der Waals surface area contributed by atoms with Crippen LogP contribution in [-0.4, -0.2) is 16.5 Å². The molecular weight excluding hydrogens is 202 g/mol. The van der Waals surface area contributed by atoms with Crippen LogP contribution in [-0.2, 0) is 0 Å². The number of aromatic nitrogens is 2. The molecule has 0 fully saturated rings. The minimum Gasteiger partial charge on any atom is -0.446 e. The number of para-hydroxylation sites is 1. The predicted octanol–water partition coefficient (Wildman–Crippen LogP) is 1.59. The highest BCUT2D eigenvalue weighted by Crippen LogP contribution is 2.28. The van der Waals surface area contributed by atoms with E-state index in [4.69, 9.17) is 4.42 Å². The number of furan rings is 1. The zero-order valence-electron chi connectivity index (χ0n) is 8.97. The van der Waals surface area contributed by atoms with Crippen LogP contribution in [0.2, 0.25) is 0 Å². The zero-order chi connectivity index (χ0) is 11.0. The molecule has 0 radical (unpaired) electrons. The van der Waals surface area contributed by atoms with Crippen molar-refractivity contribution in [2.75, 3.05) is 6.54 Å². The molecule has 1 aromatic carbocycles. The third-order valence-corrected chi connectivity index (χ3v) is 2.58. The maximum absolute atomic E-state index is 5.78. The summed E-state index contributed by atoms with van der Waals surface area (Å²) in [6.07, 6.45) is 1.59. The number of quaternary nitrogens is 1. The van der Waals surface area contributed by atoms with Crippen molar-refractivity contribution in [1.29, 1.82) is 0 Å². The van der Waals surface area contributed by atoms with Gasteiger partial charge >= 0.3 is 0 Å². The van der Waals surface area contributed by atoms with Gasteiger partial charge in [-0.25, -0.2) is 4.98 Å². The molecular formula is C12H12N3O+. The molecule has 0 aliphatic heterocycles. The van der Waals surface area contributed by atoms with Crippen LogP contribution in [0.4, 0.5) is 5.82 Å². The fraction of sp³-hybridized carbons (Fsp3) is 0.167. The number of rotatable bonds is 2. The highest BCUT2D eigenvalue weighted by atomic mass is 16.3. The first kappa shape index (κ1) is 9.30. The van der Waals surface area contributed by atoms with E-state index >= 15 is 0 Å². The summed E-state index contributed by atoms with van der Waals surface area (Å²) in [5, 5.41) is 3.09. The Balaban J connectivity index is 2.39. The van der Waals surface area contributed by atoms with Crippen LogP contribution in [0.15, 0.2) is 35.0 Å². The molecule has 0 spiro atoms. The second-order valence-corrected chi connectivity index (χ2v) is 3.65. The lowest BCUT2D eigenvalue weighted by Gasteiger charge is -1.94. The highest BCUT2D eigenvalue weighted by Gasteiger charge is 2.14. The standard InChI is InChI=1S/C12H11N3O/c1-2-13-12-11-10(14-7-15-12)8-5-3-4-6-9(8)16-11/h3-7H,2H2,1H3,(H,13,14,15)/p+1. The lowest BCUT2D eigenvalue weighted by atomic mass is 10.2. The summed E-state index contributed by atoms with van der Waals surface area (Å²) in [7, 11) is 0. The van der Waals surface area contributed by atoms with E-state index in [1.807, 2.05) is 29.6 Å². The molecule has 4 heteroatoms. The number of hydrogen-bond acceptors (Lipinski definition) is 3. The molecule has 2 aromatic heterocycles. The van der Waals surface area contributed by atoms with Crippen molar-refractivity contribution in [3.8, 4) is 0 Å². The van der Waals surface area contributed by atoms with Gasteiger partial charge in [0.25, 0.3) is 5.82 Å². The molecule has 2 N–H and O–H groups in total. The number of nitrogens with two attached hydrogens (primary N) is 1. The van der Waals surface area contributed by atoms with Crippen LogP contribution in [0.3, 0.4) is 0 Å². The maximum Gasteiger partial charge on any atom is 0.271 e. The average Bonchev–Trinajstić information content (AvgIpc) is 2.69. The topological polar surface area (TPSA) is 55.5 Å². The van der Waals surface area contributed by atoms with Crippen molar-refractivity contribution in [2.24, 2.45) is 0 Å². The molecule has 2 heterocycles. The van der Waals surface area contributed by atoms with E-state index < -0.39 is 0 Å². The van der Waals surface area contributed by atoms with Crippen LogP contribution in [0.25, 0.3) is 22.1 Å². The molecule has 4 nitrogen and oxygen atoms in total. The molecule has 0 saturated heterocycles. The second-order valence-electron chi connectivity index (χ2n) is 3.65. The Labute approximate surface area is 92.3 Å².